The molecule has 15 nitrogen and oxygen atoms in total. The Morgan fingerprint density at radius 1 is 1.04 bits per heavy atom. The van der Waals surface area contributed by atoms with Crippen molar-refractivity contribution in [1.29, 1.82) is 0 Å². The van der Waals surface area contributed by atoms with Gasteiger partial charge in [0.1, 0.15) is 23.9 Å². The van der Waals surface area contributed by atoms with Gasteiger partial charge in [-0.2, -0.15) is 0 Å². The molecule has 2 aliphatic rings. The third-order valence-corrected chi connectivity index (χ3v) is 12.0. The minimum absolute atomic E-state index is 0. The van der Waals surface area contributed by atoms with Crippen LogP contribution in [0.1, 0.15) is 94.9 Å². The zero-order valence-corrected chi connectivity index (χ0v) is 37.6. The van der Waals surface area contributed by atoms with Crippen LogP contribution in [0.3, 0.4) is 0 Å². The summed E-state index contributed by atoms with van der Waals surface area (Å²) < 4.78 is 30.8. The van der Waals surface area contributed by atoms with E-state index in [4.69, 9.17) is 23.7 Å². The molecule has 54 heavy (non-hydrogen) atoms. The number of aliphatic carboxylic acids is 1. The fourth-order valence-corrected chi connectivity index (χ4v) is 8.29. The second-order valence-electron chi connectivity index (χ2n) is 17.1. The van der Waals surface area contributed by atoms with Crippen LogP contribution in [0.15, 0.2) is 0 Å². The molecule has 0 radical (unpaired) electrons. The molecule has 314 valence electrons. The average Bonchev–Trinajstić information content (AvgIpc) is 3.07. The number of rotatable bonds is 20. The van der Waals surface area contributed by atoms with Crippen LogP contribution in [0, 0.1) is 17.8 Å². The smallest absolute Gasteiger partial charge is 0.550 e. The van der Waals surface area contributed by atoms with Crippen LogP contribution in [0.25, 0.3) is 0 Å². The van der Waals surface area contributed by atoms with E-state index in [-0.39, 0.29) is 66.9 Å². The van der Waals surface area contributed by atoms with E-state index in [1.54, 1.807) is 48.6 Å². The normalized spacial score (nSPS) is 34.7. The molecular weight excluding hydrogens is 715 g/mol. The van der Waals surface area contributed by atoms with Crippen LogP contribution in [0.2, 0.25) is 0 Å². The van der Waals surface area contributed by atoms with Crippen molar-refractivity contribution in [1.82, 2.24) is 9.80 Å². The number of carboxylic acid groups (broad SMARTS) is 1. The van der Waals surface area contributed by atoms with Gasteiger partial charge in [0.25, 0.3) is 0 Å². The van der Waals surface area contributed by atoms with Crippen molar-refractivity contribution in [3.63, 3.8) is 0 Å². The van der Waals surface area contributed by atoms with Crippen molar-refractivity contribution < 1.29 is 93.8 Å². The molecule has 16 heteroatoms. The first kappa shape index (κ1) is 52.0. The SMILES string of the molecule is CC[C@@H](O)[C@@](C)(O)[C@H](O)[C@@H](C)N(C)C[C@H](C)C[C@@](C)(O)[C@H](OC1OC(C)CC(N(C)C)C1O)[C@@H](C)[C@H](OC1CC(C)(OC)C(O)C(C)O1)[C@@H](C)C(=O)[O-].[Na+]. The van der Waals surface area contributed by atoms with Crippen molar-refractivity contribution in [2.45, 2.75) is 185 Å². The van der Waals surface area contributed by atoms with Crippen molar-refractivity contribution >= 4 is 5.97 Å². The number of likely N-dealkylation sites (N-methyl/N-ethyl adjacent to an activating group) is 2. The number of methoxy groups -OCH3 is 1. The molecule has 18 atom stereocenters. The van der Waals surface area contributed by atoms with Gasteiger partial charge in [0.2, 0.25) is 0 Å². The van der Waals surface area contributed by atoms with Crippen LogP contribution >= 0.6 is 0 Å². The molecule has 0 spiro atoms. The predicted molar refractivity (Wildman–Crippen MR) is 195 cm³/mol. The van der Waals surface area contributed by atoms with Gasteiger partial charge in [-0.1, -0.05) is 27.7 Å². The summed E-state index contributed by atoms with van der Waals surface area (Å²) in [6, 6.07) is -0.895. The van der Waals surface area contributed by atoms with Gasteiger partial charge in [-0.25, -0.2) is 0 Å². The molecular formula is C38H73N2NaO13. The van der Waals surface area contributed by atoms with Crippen LogP contribution in [-0.4, -0.2) is 172 Å². The summed E-state index contributed by atoms with van der Waals surface area (Å²) in [5.41, 5.74) is -4.47. The third-order valence-electron chi connectivity index (χ3n) is 12.0. The standard InChI is InChI=1S/C38H74N2O13.Na/c1-15-27(41)38(10,48)31(43)24(6)40(13)19-20(2)17-36(8,47)33(53-35-29(42)26(39(11)12)16-21(3)50-35)22(4)30(23(5)34(45)46)52-28-18-37(9,49-14)32(44)25(7)51-28;/h20-33,35,41-44,47-48H,15-19H2,1-14H3,(H,45,46);/q;+1/p-1/t20-,21?,22+,23-,24-,25?,26?,27-,28?,29?,30+,31-,32?,33-,35?,36-,37?,38-;/m1./s1. The Balaban J connectivity index is 0.0000146. The number of hydrogen-bond acceptors (Lipinski definition) is 15. The van der Waals surface area contributed by atoms with Crippen LogP contribution in [-0.2, 0) is 28.5 Å². The largest absolute Gasteiger partial charge is 1.00 e. The van der Waals surface area contributed by atoms with E-state index in [0.29, 0.717) is 13.0 Å². The molecule has 8 unspecified atom stereocenters. The van der Waals surface area contributed by atoms with Gasteiger partial charge in [0.15, 0.2) is 12.6 Å². The molecule has 0 amide bonds. The van der Waals surface area contributed by atoms with Crippen LogP contribution in [0.4, 0.5) is 0 Å². The topological polar surface area (TPSA) is 214 Å². The first-order valence-electron chi connectivity index (χ1n) is 19.2. The minimum atomic E-state index is -1.75. The molecule has 0 aliphatic carbocycles. The van der Waals surface area contributed by atoms with Gasteiger partial charge in [0.05, 0.1) is 41.7 Å². The molecule has 2 heterocycles. The van der Waals surface area contributed by atoms with Gasteiger partial charge in [-0.3, -0.25) is 0 Å². The number of aliphatic hydroxyl groups excluding tert-OH is 4. The first-order chi connectivity index (χ1) is 24.2. The summed E-state index contributed by atoms with van der Waals surface area (Å²) in [5.74, 6) is -3.71. The summed E-state index contributed by atoms with van der Waals surface area (Å²) in [6.45, 7) is 17.1. The van der Waals surface area contributed by atoms with Crippen molar-refractivity contribution in [2.24, 2.45) is 17.8 Å². The predicted octanol–water partition coefficient (Wildman–Crippen LogP) is -2.91. The van der Waals surface area contributed by atoms with Gasteiger partial charge in [-0.05, 0) is 87.9 Å². The maximum Gasteiger partial charge on any atom is 1.00 e. The number of ether oxygens (including phenoxy) is 5. The molecule has 2 aliphatic heterocycles. The molecule has 0 aromatic carbocycles. The quantitative estimate of drug-likeness (QED) is 0.0683. The number of aliphatic hydroxyl groups is 6. The number of hydrogen-bond donors (Lipinski definition) is 6. The fraction of sp³-hybridized carbons (Fsp3) is 0.974. The second kappa shape index (κ2) is 21.3. The minimum Gasteiger partial charge on any atom is -0.550 e. The number of carbonyl (C=O) groups is 1. The van der Waals surface area contributed by atoms with E-state index >= 15 is 0 Å². The Labute approximate surface area is 345 Å². The maximum absolute atomic E-state index is 12.5. The summed E-state index contributed by atoms with van der Waals surface area (Å²) >= 11 is 0. The zero-order valence-electron chi connectivity index (χ0n) is 35.6. The molecule has 0 aromatic rings. The summed E-state index contributed by atoms with van der Waals surface area (Å²) in [5, 5.41) is 79.4. The van der Waals surface area contributed by atoms with Crippen molar-refractivity contribution in [2.75, 3.05) is 34.8 Å². The molecule has 0 saturated carbocycles. The van der Waals surface area contributed by atoms with Gasteiger partial charge in [0, 0.05) is 50.0 Å². The van der Waals surface area contributed by atoms with Crippen molar-refractivity contribution in [3.05, 3.63) is 0 Å². The number of nitrogens with zero attached hydrogens (tertiary/aromatic N) is 2. The van der Waals surface area contributed by atoms with Crippen LogP contribution < -0.4 is 34.7 Å². The fourth-order valence-electron chi connectivity index (χ4n) is 8.29. The van der Waals surface area contributed by atoms with E-state index in [1.807, 2.05) is 37.7 Å². The van der Waals surface area contributed by atoms with E-state index in [9.17, 15) is 40.5 Å². The Morgan fingerprint density at radius 3 is 2.11 bits per heavy atom. The van der Waals surface area contributed by atoms with Gasteiger partial charge < -0.3 is 74.0 Å². The van der Waals surface area contributed by atoms with Crippen LogP contribution in [0.5, 0.6) is 0 Å². The maximum atomic E-state index is 12.5. The number of carbonyl (C=O) groups excluding carboxylic acids is 1. The van der Waals surface area contributed by atoms with Crippen molar-refractivity contribution in [3.8, 4) is 0 Å². The molecule has 2 saturated heterocycles. The first-order valence-corrected chi connectivity index (χ1v) is 19.2. The molecule has 2 rings (SSSR count). The van der Waals surface area contributed by atoms with Gasteiger partial charge in [-0.15, -0.1) is 0 Å². The Hall–Kier alpha value is -0.0500. The zero-order chi connectivity index (χ0) is 41.0. The Bertz CT molecular complexity index is 1140. The van der Waals surface area contributed by atoms with E-state index in [2.05, 4.69) is 0 Å². The average molecular weight is 789 g/mol. The summed E-state index contributed by atoms with van der Waals surface area (Å²) in [4.78, 5) is 16.2. The monoisotopic (exact) mass is 789 g/mol. The number of carboxylic acids is 1. The third kappa shape index (κ3) is 12.7. The molecule has 0 aromatic heterocycles. The Kier molecular flexibility index (Phi) is 20.5. The van der Waals surface area contributed by atoms with E-state index < -0.39 is 96.0 Å². The molecule has 2 fully saturated rings. The van der Waals surface area contributed by atoms with Gasteiger partial charge >= 0.3 is 29.6 Å². The molecule has 0 bridgehead atoms. The summed E-state index contributed by atoms with van der Waals surface area (Å²) in [6.07, 6.45) is -8.97. The van der Waals surface area contributed by atoms with E-state index in [1.165, 1.54) is 21.0 Å². The molecule has 6 N–H and O–H groups in total. The Morgan fingerprint density at radius 2 is 1.61 bits per heavy atom. The summed E-state index contributed by atoms with van der Waals surface area (Å²) in [7, 11) is 6.94. The van der Waals surface area contributed by atoms with E-state index in [0.717, 1.165) is 0 Å². The second-order valence-corrected chi connectivity index (χ2v) is 17.1.